The first-order valence-electron chi connectivity index (χ1n) is 13.8. The van der Waals surface area contributed by atoms with E-state index in [1.165, 1.54) is 25.4 Å². The Morgan fingerprint density at radius 2 is 1.63 bits per heavy atom. The van der Waals surface area contributed by atoms with Crippen LogP contribution in [-0.2, 0) is 16.0 Å². The van der Waals surface area contributed by atoms with Crippen LogP contribution in [0.15, 0.2) is 79.4 Å². The van der Waals surface area contributed by atoms with Crippen LogP contribution in [0.1, 0.15) is 12.5 Å². The highest BCUT2D eigenvalue weighted by Crippen LogP contribution is 2.31. The van der Waals surface area contributed by atoms with Gasteiger partial charge in [0, 0.05) is 54.1 Å². The molecule has 2 amide bonds. The first-order chi connectivity index (χ1) is 20.9. The molecule has 216 valence electrons. The SMILES string of the molecule is CC(=O)Cc1ccc(NC(=O)Nc2ccc(-c3nc(N4CCOCC4)c4ccc(-c5cncnc5)cc4n3)cc2)c(F)c1. The van der Waals surface area contributed by atoms with Crippen LogP contribution in [0.5, 0.6) is 0 Å². The van der Waals surface area contributed by atoms with Gasteiger partial charge in [0.05, 0.1) is 24.4 Å². The largest absolute Gasteiger partial charge is 0.378 e. The zero-order valence-electron chi connectivity index (χ0n) is 23.4. The molecule has 0 unspecified atom stereocenters. The zero-order valence-corrected chi connectivity index (χ0v) is 23.4. The lowest BCUT2D eigenvalue weighted by molar-refractivity contribution is -0.116. The van der Waals surface area contributed by atoms with E-state index in [0.29, 0.717) is 30.3 Å². The average Bonchev–Trinajstić information content (AvgIpc) is 3.02. The predicted molar refractivity (Wildman–Crippen MR) is 162 cm³/mol. The fraction of sp³-hybridized carbons (Fsp3) is 0.188. The van der Waals surface area contributed by atoms with Gasteiger partial charge in [0.25, 0.3) is 0 Å². The molecule has 3 heterocycles. The van der Waals surface area contributed by atoms with Crippen molar-refractivity contribution in [2.75, 3.05) is 41.8 Å². The number of fused-ring (bicyclic) bond motifs is 1. The highest BCUT2D eigenvalue weighted by atomic mass is 19.1. The molecule has 0 radical (unpaired) electrons. The molecule has 2 N–H and O–H groups in total. The molecular formula is C32H28FN7O3. The van der Waals surface area contributed by atoms with Gasteiger partial charge in [0.1, 0.15) is 23.7 Å². The fourth-order valence-electron chi connectivity index (χ4n) is 4.93. The maximum Gasteiger partial charge on any atom is 0.323 e. The van der Waals surface area contributed by atoms with Gasteiger partial charge >= 0.3 is 6.03 Å². The molecule has 2 aromatic heterocycles. The number of rotatable bonds is 7. The molecule has 5 aromatic rings. The Hall–Kier alpha value is -5.29. The van der Waals surface area contributed by atoms with Gasteiger partial charge in [0.15, 0.2) is 5.82 Å². The van der Waals surface area contributed by atoms with E-state index in [-0.39, 0.29) is 17.9 Å². The Kier molecular flexibility index (Phi) is 7.96. The third-order valence-corrected chi connectivity index (χ3v) is 7.02. The summed E-state index contributed by atoms with van der Waals surface area (Å²) in [4.78, 5) is 44.2. The summed E-state index contributed by atoms with van der Waals surface area (Å²) in [5, 5.41) is 6.16. The smallest absolute Gasteiger partial charge is 0.323 e. The minimum atomic E-state index is -0.614. The zero-order chi connectivity index (χ0) is 29.8. The number of hydrogen-bond donors (Lipinski definition) is 2. The Balaban J connectivity index is 1.25. The first-order valence-corrected chi connectivity index (χ1v) is 13.8. The molecule has 0 aliphatic carbocycles. The molecule has 6 rings (SSSR count). The number of carbonyl (C=O) groups excluding carboxylic acids is 2. The van der Waals surface area contributed by atoms with E-state index in [0.717, 1.165) is 46.5 Å². The van der Waals surface area contributed by atoms with Crippen molar-refractivity contribution >= 4 is 39.9 Å². The molecule has 10 nitrogen and oxygen atoms in total. The molecule has 3 aromatic carbocycles. The number of benzene rings is 3. The lowest BCUT2D eigenvalue weighted by Crippen LogP contribution is -2.37. The summed E-state index contributed by atoms with van der Waals surface area (Å²) in [5.41, 5.74) is 4.45. The number of hydrogen-bond acceptors (Lipinski definition) is 8. The van der Waals surface area contributed by atoms with E-state index in [2.05, 4.69) is 25.5 Å². The van der Waals surface area contributed by atoms with Gasteiger partial charge in [-0.1, -0.05) is 12.1 Å². The number of Topliss-reactive ketones (excluding diaryl/α,β-unsaturated/α-hetero) is 1. The molecule has 0 bridgehead atoms. The summed E-state index contributed by atoms with van der Waals surface area (Å²) in [5.74, 6) is 0.688. The minimum Gasteiger partial charge on any atom is -0.378 e. The van der Waals surface area contributed by atoms with Crippen LogP contribution in [0, 0.1) is 5.82 Å². The third kappa shape index (κ3) is 6.47. The Morgan fingerprint density at radius 1 is 0.884 bits per heavy atom. The standard InChI is InChI=1S/C32H28FN7O3/c1-20(41)14-21-2-9-28(27(33)15-21)38-32(42)36-25-6-3-22(4-7-25)30-37-29-16-23(24-17-34-19-35-18-24)5-8-26(29)31(39-30)40-10-12-43-13-11-40/h2-9,15-19H,10-14H2,1H3,(H2,36,38,42). The molecule has 0 atom stereocenters. The highest BCUT2D eigenvalue weighted by Gasteiger charge is 2.19. The van der Waals surface area contributed by atoms with E-state index in [1.807, 2.05) is 30.3 Å². The van der Waals surface area contributed by atoms with Crippen LogP contribution >= 0.6 is 0 Å². The monoisotopic (exact) mass is 577 g/mol. The summed E-state index contributed by atoms with van der Waals surface area (Å²) in [6.45, 7) is 4.12. The number of halogens is 1. The number of ketones is 1. The van der Waals surface area contributed by atoms with Crippen LogP contribution in [0.4, 0.5) is 26.4 Å². The Morgan fingerprint density at radius 3 is 2.35 bits per heavy atom. The molecule has 0 saturated carbocycles. The number of anilines is 3. The number of nitrogens with zero attached hydrogens (tertiary/aromatic N) is 5. The number of aromatic nitrogens is 4. The number of morpholine rings is 1. The van der Waals surface area contributed by atoms with Crippen LogP contribution in [0.25, 0.3) is 33.4 Å². The predicted octanol–water partition coefficient (Wildman–Crippen LogP) is 5.51. The first kappa shape index (κ1) is 27.9. The average molecular weight is 578 g/mol. The third-order valence-electron chi connectivity index (χ3n) is 7.02. The molecule has 43 heavy (non-hydrogen) atoms. The maximum absolute atomic E-state index is 14.5. The highest BCUT2D eigenvalue weighted by molar-refractivity contribution is 6.00. The molecule has 1 saturated heterocycles. The van der Waals surface area contributed by atoms with Crippen molar-refractivity contribution < 1.29 is 18.7 Å². The van der Waals surface area contributed by atoms with Crippen molar-refractivity contribution in [2.24, 2.45) is 0 Å². The molecular weight excluding hydrogens is 549 g/mol. The summed E-state index contributed by atoms with van der Waals surface area (Å²) < 4.78 is 20.0. The number of urea groups is 1. The summed E-state index contributed by atoms with van der Waals surface area (Å²) in [7, 11) is 0. The second kappa shape index (κ2) is 12.3. The Labute approximate surface area is 247 Å². The normalized spacial score (nSPS) is 13.1. The maximum atomic E-state index is 14.5. The van der Waals surface area contributed by atoms with Gasteiger partial charge in [-0.05, 0) is 66.6 Å². The van der Waals surface area contributed by atoms with Gasteiger partial charge in [-0.3, -0.25) is 4.79 Å². The van der Waals surface area contributed by atoms with Gasteiger partial charge < -0.3 is 20.3 Å². The van der Waals surface area contributed by atoms with Crippen molar-refractivity contribution in [1.82, 2.24) is 19.9 Å². The van der Waals surface area contributed by atoms with Gasteiger partial charge in [-0.25, -0.2) is 29.1 Å². The van der Waals surface area contributed by atoms with Crippen LogP contribution < -0.4 is 15.5 Å². The van der Waals surface area contributed by atoms with Gasteiger partial charge in [0.2, 0.25) is 0 Å². The van der Waals surface area contributed by atoms with Crippen LogP contribution in [-0.4, -0.2) is 58.1 Å². The number of nitrogens with one attached hydrogen (secondary N) is 2. The fourth-order valence-corrected chi connectivity index (χ4v) is 4.93. The molecule has 11 heteroatoms. The number of carbonyl (C=O) groups is 2. The van der Waals surface area contributed by atoms with E-state index in [9.17, 15) is 14.0 Å². The van der Waals surface area contributed by atoms with E-state index in [4.69, 9.17) is 14.7 Å². The number of ether oxygens (including phenoxy) is 1. The van der Waals surface area contributed by atoms with Crippen molar-refractivity contribution in [2.45, 2.75) is 13.3 Å². The molecule has 0 spiro atoms. The van der Waals surface area contributed by atoms with Gasteiger partial charge in [-0.15, -0.1) is 0 Å². The van der Waals surface area contributed by atoms with E-state index < -0.39 is 11.8 Å². The lowest BCUT2D eigenvalue weighted by atomic mass is 10.1. The lowest BCUT2D eigenvalue weighted by Gasteiger charge is -2.29. The molecule has 1 aliphatic rings. The quantitative estimate of drug-likeness (QED) is 0.260. The summed E-state index contributed by atoms with van der Waals surface area (Å²) >= 11 is 0. The number of amides is 2. The van der Waals surface area contributed by atoms with E-state index in [1.54, 1.807) is 30.6 Å². The second-order valence-corrected chi connectivity index (χ2v) is 10.2. The summed E-state index contributed by atoms with van der Waals surface area (Å²) in [6, 6.07) is 16.9. The van der Waals surface area contributed by atoms with Crippen LogP contribution in [0.2, 0.25) is 0 Å². The van der Waals surface area contributed by atoms with E-state index >= 15 is 0 Å². The van der Waals surface area contributed by atoms with Crippen molar-refractivity contribution in [3.05, 3.63) is 90.8 Å². The minimum absolute atomic E-state index is 0.0167. The van der Waals surface area contributed by atoms with Crippen molar-refractivity contribution in [3.63, 3.8) is 0 Å². The Bertz CT molecular complexity index is 1790. The van der Waals surface area contributed by atoms with Crippen molar-refractivity contribution in [3.8, 4) is 22.5 Å². The summed E-state index contributed by atoms with van der Waals surface area (Å²) in [6.07, 6.45) is 5.16. The second-order valence-electron chi connectivity index (χ2n) is 10.2. The molecule has 1 aliphatic heterocycles. The molecule has 1 fully saturated rings. The van der Waals surface area contributed by atoms with Crippen LogP contribution in [0.3, 0.4) is 0 Å². The topological polar surface area (TPSA) is 122 Å². The van der Waals surface area contributed by atoms with Gasteiger partial charge in [-0.2, -0.15) is 0 Å². The van der Waals surface area contributed by atoms with Crippen molar-refractivity contribution in [1.29, 1.82) is 0 Å².